The average molecular weight is 615 g/mol. The molecule has 0 atom stereocenters. The van der Waals surface area contributed by atoms with E-state index in [4.69, 9.17) is 9.98 Å². The monoisotopic (exact) mass is 614 g/mol. The van der Waals surface area contributed by atoms with E-state index < -0.39 is 0 Å². The highest BCUT2D eigenvalue weighted by molar-refractivity contribution is 6.15. The first-order valence-electron chi connectivity index (χ1n) is 16.0. The van der Waals surface area contributed by atoms with Gasteiger partial charge in [-0.25, -0.2) is 9.98 Å². The summed E-state index contributed by atoms with van der Waals surface area (Å²) in [7, 11) is 0. The number of amidine groups is 2. The SMILES string of the molecule is N#Cc1cccc(-c2ccc(-c3ccc4ccccc4c3-c3ccc(C4N=C(c5ccccc5)NC(c5ccccc5)=N4)cc3)cc2)c1. The summed E-state index contributed by atoms with van der Waals surface area (Å²) in [6, 6.07) is 60.7. The van der Waals surface area contributed by atoms with Crippen LogP contribution in [0.3, 0.4) is 0 Å². The normalized spacial score (nSPS) is 12.9. The molecule has 0 fully saturated rings. The molecule has 0 spiro atoms. The van der Waals surface area contributed by atoms with Crippen LogP contribution in [-0.4, -0.2) is 11.7 Å². The lowest BCUT2D eigenvalue weighted by atomic mass is 9.89. The van der Waals surface area contributed by atoms with E-state index in [1.54, 1.807) is 0 Å². The maximum absolute atomic E-state index is 9.37. The molecular formula is C44H30N4. The molecule has 0 aliphatic carbocycles. The summed E-state index contributed by atoms with van der Waals surface area (Å²) in [5, 5.41) is 15.2. The molecule has 48 heavy (non-hydrogen) atoms. The van der Waals surface area contributed by atoms with Crippen LogP contribution in [0.5, 0.6) is 0 Å². The van der Waals surface area contributed by atoms with Crippen LogP contribution in [0.25, 0.3) is 44.2 Å². The summed E-state index contributed by atoms with van der Waals surface area (Å²) in [4.78, 5) is 10.1. The Kier molecular flexibility index (Phi) is 7.62. The van der Waals surface area contributed by atoms with Gasteiger partial charge in [-0.15, -0.1) is 0 Å². The predicted octanol–water partition coefficient (Wildman–Crippen LogP) is 10.2. The maximum Gasteiger partial charge on any atom is 0.169 e. The Morgan fingerprint density at radius 1 is 0.479 bits per heavy atom. The van der Waals surface area contributed by atoms with Crippen molar-refractivity contribution < 1.29 is 0 Å². The Labute approximate surface area is 280 Å². The van der Waals surface area contributed by atoms with Gasteiger partial charge in [0.1, 0.15) is 11.7 Å². The van der Waals surface area contributed by atoms with Crippen molar-refractivity contribution >= 4 is 22.4 Å². The van der Waals surface area contributed by atoms with Gasteiger partial charge in [0.25, 0.3) is 0 Å². The van der Waals surface area contributed by atoms with Crippen molar-refractivity contribution in [2.75, 3.05) is 0 Å². The Hall–Kier alpha value is -6.57. The summed E-state index contributed by atoms with van der Waals surface area (Å²) in [6.45, 7) is 0. The minimum atomic E-state index is -0.384. The van der Waals surface area contributed by atoms with Crippen molar-refractivity contribution in [3.05, 3.63) is 192 Å². The number of hydrogen-bond acceptors (Lipinski definition) is 4. The second kappa shape index (κ2) is 12.7. The molecule has 0 unspecified atom stereocenters. The van der Waals surface area contributed by atoms with Crippen molar-refractivity contribution in [1.29, 1.82) is 5.26 Å². The molecule has 1 aliphatic rings. The van der Waals surface area contributed by atoms with Crippen molar-refractivity contribution in [3.8, 4) is 39.4 Å². The molecule has 1 N–H and O–H groups in total. The molecule has 7 aromatic rings. The van der Waals surface area contributed by atoms with Gasteiger partial charge in [-0.3, -0.25) is 0 Å². The first kappa shape index (κ1) is 28.9. The smallest absolute Gasteiger partial charge is 0.169 e. The van der Waals surface area contributed by atoms with Gasteiger partial charge in [-0.2, -0.15) is 5.26 Å². The molecule has 0 amide bonds. The number of fused-ring (bicyclic) bond motifs is 1. The summed E-state index contributed by atoms with van der Waals surface area (Å²) in [5.74, 6) is 1.61. The number of benzene rings is 7. The highest BCUT2D eigenvalue weighted by Crippen LogP contribution is 2.39. The summed E-state index contributed by atoms with van der Waals surface area (Å²) in [5.41, 5.74) is 10.4. The van der Waals surface area contributed by atoms with Gasteiger partial charge < -0.3 is 5.32 Å². The fourth-order valence-corrected chi connectivity index (χ4v) is 6.34. The highest BCUT2D eigenvalue weighted by atomic mass is 15.2. The van der Waals surface area contributed by atoms with Gasteiger partial charge >= 0.3 is 0 Å². The van der Waals surface area contributed by atoms with E-state index in [-0.39, 0.29) is 6.17 Å². The molecule has 8 rings (SSSR count). The third kappa shape index (κ3) is 5.66. The number of nitrogens with one attached hydrogen (secondary N) is 1. The van der Waals surface area contributed by atoms with E-state index in [2.05, 4.69) is 121 Å². The Morgan fingerprint density at radius 3 is 1.73 bits per heavy atom. The summed E-state index contributed by atoms with van der Waals surface area (Å²) < 4.78 is 0. The van der Waals surface area contributed by atoms with Gasteiger partial charge in [0, 0.05) is 11.1 Å². The van der Waals surface area contributed by atoms with Crippen LogP contribution in [0.1, 0.15) is 28.4 Å². The summed E-state index contributed by atoms with van der Waals surface area (Å²) >= 11 is 0. The van der Waals surface area contributed by atoms with Crippen LogP contribution in [0.15, 0.2) is 180 Å². The van der Waals surface area contributed by atoms with E-state index >= 15 is 0 Å². The molecule has 4 nitrogen and oxygen atoms in total. The lowest BCUT2D eigenvalue weighted by Gasteiger charge is -2.22. The third-order valence-corrected chi connectivity index (χ3v) is 8.78. The zero-order valence-electron chi connectivity index (χ0n) is 26.1. The first-order chi connectivity index (χ1) is 23.7. The van der Waals surface area contributed by atoms with Gasteiger partial charge in [-0.05, 0) is 61.8 Å². The Bertz CT molecular complexity index is 2290. The highest BCUT2D eigenvalue weighted by Gasteiger charge is 2.21. The van der Waals surface area contributed by atoms with Crippen LogP contribution in [0, 0.1) is 11.3 Å². The number of rotatable bonds is 6. The van der Waals surface area contributed by atoms with E-state index in [1.807, 2.05) is 60.7 Å². The van der Waals surface area contributed by atoms with E-state index in [9.17, 15) is 5.26 Å². The second-order valence-corrected chi connectivity index (χ2v) is 11.8. The van der Waals surface area contributed by atoms with Crippen LogP contribution < -0.4 is 5.32 Å². The Morgan fingerprint density at radius 2 is 1.06 bits per heavy atom. The van der Waals surface area contributed by atoms with Crippen LogP contribution in [0.2, 0.25) is 0 Å². The van der Waals surface area contributed by atoms with Crippen molar-refractivity contribution in [2.45, 2.75) is 6.17 Å². The van der Waals surface area contributed by atoms with Crippen molar-refractivity contribution in [3.63, 3.8) is 0 Å². The van der Waals surface area contributed by atoms with Gasteiger partial charge in [0.15, 0.2) is 6.17 Å². The number of hydrogen-bond donors (Lipinski definition) is 1. The number of nitrogens with zero attached hydrogens (tertiary/aromatic N) is 3. The fourth-order valence-electron chi connectivity index (χ4n) is 6.34. The fraction of sp³-hybridized carbons (Fsp3) is 0.0227. The molecule has 4 heteroatoms. The average Bonchev–Trinajstić information content (AvgIpc) is 3.18. The quantitative estimate of drug-likeness (QED) is 0.203. The minimum absolute atomic E-state index is 0.384. The van der Waals surface area contributed by atoms with E-state index in [0.29, 0.717) is 5.56 Å². The molecule has 0 radical (unpaired) electrons. The zero-order chi connectivity index (χ0) is 32.3. The minimum Gasteiger partial charge on any atom is -0.324 e. The van der Waals surface area contributed by atoms with Crippen LogP contribution >= 0.6 is 0 Å². The van der Waals surface area contributed by atoms with E-state index in [0.717, 1.165) is 56.2 Å². The second-order valence-electron chi connectivity index (χ2n) is 11.8. The Balaban J connectivity index is 1.19. The van der Waals surface area contributed by atoms with Crippen LogP contribution in [0.4, 0.5) is 0 Å². The topological polar surface area (TPSA) is 60.5 Å². The van der Waals surface area contributed by atoms with Gasteiger partial charge in [0.05, 0.1) is 11.6 Å². The molecule has 0 bridgehead atoms. The van der Waals surface area contributed by atoms with Gasteiger partial charge in [0.2, 0.25) is 0 Å². The van der Waals surface area contributed by atoms with E-state index in [1.165, 1.54) is 16.3 Å². The van der Waals surface area contributed by atoms with Crippen LogP contribution in [-0.2, 0) is 0 Å². The summed E-state index contributed by atoms with van der Waals surface area (Å²) in [6.07, 6.45) is -0.384. The predicted molar refractivity (Wildman–Crippen MR) is 197 cm³/mol. The third-order valence-electron chi connectivity index (χ3n) is 8.78. The largest absolute Gasteiger partial charge is 0.324 e. The molecular weight excluding hydrogens is 585 g/mol. The standard InChI is InChI=1S/C44H30N4/c45-29-30-10-9-16-38(28-30)31-18-20-33(21-19-31)40-27-26-32-11-7-8-17-39(32)41(40)34-22-24-37(25-23-34)44-47-42(35-12-3-1-4-13-35)46-43(48-44)36-14-5-2-6-15-36/h1-28,44H,(H,46,47,48). The molecule has 0 saturated heterocycles. The molecule has 1 heterocycles. The zero-order valence-corrected chi connectivity index (χ0v) is 26.1. The first-order valence-corrected chi connectivity index (χ1v) is 16.0. The molecule has 7 aromatic carbocycles. The van der Waals surface area contributed by atoms with Crippen molar-refractivity contribution in [2.24, 2.45) is 9.98 Å². The van der Waals surface area contributed by atoms with Gasteiger partial charge in [-0.1, -0.05) is 158 Å². The molecule has 0 aromatic heterocycles. The lowest BCUT2D eigenvalue weighted by molar-refractivity contribution is 0.756. The number of nitriles is 1. The molecule has 1 aliphatic heterocycles. The molecule has 0 saturated carbocycles. The number of aliphatic imine (C=N–C) groups is 2. The maximum atomic E-state index is 9.37. The lowest BCUT2D eigenvalue weighted by Crippen LogP contribution is -2.35. The molecule has 226 valence electrons. The van der Waals surface area contributed by atoms with Crippen molar-refractivity contribution in [1.82, 2.24) is 5.32 Å².